The number of nitrogens with one attached hydrogen (secondary N) is 2. The van der Waals surface area contributed by atoms with Crippen LogP contribution in [0, 0.1) is 11.3 Å². The molecule has 0 saturated carbocycles. The second kappa shape index (κ2) is 6.10. The highest BCUT2D eigenvalue weighted by Crippen LogP contribution is 2.20. The lowest BCUT2D eigenvalue weighted by Gasteiger charge is -2.07. The van der Waals surface area contributed by atoms with E-state index in [-0.39, 0.29) is 5.69 Å². The zero-order chi connectivity index (χ0) is 14.5. The fraction of sp³-hybridized carbons (Fsp3) is 0. The van der Waals surface area contributed by atoms with Gasteiger partial charge in [0.05, 0.1) is 11.3 Å². The number of hydrazine groups is 1. The zero-order valence-corrected chi connectivity index (χ0v) is 11.7. The molecule has 0 unspecified atom stereocenters. The van der Waals surface area contributed by atoms with Crippen molar-refractivity contribution in [3.8, 4) is 6.07 Å². The fourth-order valence-corrected chi connectivity index (χ4v) is 1.80. The number of amides is 1. The minimum atomic E-state index is -0.458. The van der Waals surface area contributed by atoms with Gasteiger partial charge in [0.2, 0.25) is 0 Å². The van der Waals surface area contributed by atoms with Gasteiger partial charge in [-0.15, -0.1) is 10.2 Å². The fourth-order valence-electron chi connectivity index (χ4n) is 1.43. The number of benzene rings is 1. The molecule has 1 aromatic heterocycles. The van der Waals surface area contributed by atoms with Crippen LogP contribution in [0.5, 0.6) is 0 Å². The van der Waals surface area contributed by atoms with Crippen LogP contribution in [-0.2, 0) is 0 Å². The van der Waals surface area contributed by atoms with Crippen molar-refractivity contribution in [2.75, 3.05) is 10.7 Å². The maximum Gasteiger partial charge on any atom is 0.276 e. The van der Waals surface area contributed by atoms with Crippen molar-refractivity contribution in [1.82, 2.24) is 10.2 Å². The van der Waals surface area contributed by atoms with Crippen molar-refractivity contribution < 1.29 is 4.79 Å². The Hall–Kier alpha value is -2.50. The number of nitrogens with zero attached hydrogens (tertiary/aromatic N) is 3. The lowest BCUT2D eigenvalue weighted by molar-refractivity contribution is 0.102. The van der Waals surface area contributed by atoms with E-state index in [0.29, 0.717) is 17.1 Å². The molecule has 1 heterocycles. The number of rotatable bonds is 3. The minimum absolute atomic E-state index is 0.121. The van der Waals surface area contributed by atoms with E-state index in [1.165, 1.54) is 12.1 Å². The van der Waals surface area contributed by atoms with E-state index >= 15 is 0 Å². The summed E-state index contributed by atoms with van der Waals surface area (Å²) in [7, 11) is 0. The van der Waals surface area contributed by atoms with Crippen molar-refractivity contribution in [2.24, 2.45) is 5.84 Å². The molecule has 100 valence electrons. The number of carbonyl (C=O) groups is 1. The van der Waals surface area contributed by atoms with Crippen molar-refractivity contribution in [3.63, 3.8) is 0 Å². The van der Waals surface area contributed by atoms with Crippen LogP contribution < -0.4 is 16.6 Å². The van der Waals surface area contributed by atoms with Crippen LogP contribution in [-0.4, -0.2) is 16.1 Å². The van der Waals surface area contributed by atoms with Crippen LogP contribution in [0.15, 0.2) is 34.8 Å². The SMILES string of the molecule is N#Cc1cc(Br)ccc1NC(=O)c1ccc(NN)nn1. The van der Waals surface area contributed by atoms with E-state index < -0.39 is 5.91 Å². The van der Waals surface area contributed by atoms with Crippen molar-refractivity contribution >= 4 is 33.3 Å². The monoisotopic (exact) mass is 332 g/mol. The first-order valence-electron chi connectivity index (χ1n) is 5.45. The lowest BCUT2D eigenvalue weighted by Crippen LogP contribution is -2.16. The molecule has 8 heteroatoms. The first kappa shape index (κ1) is 13.9. The lowest BCUT2D eigenvalue weighted by atomic mass is 10.2. The number of hydrogen-bond acceptors (Lipinski definition) is 6. The molecule has 0 radical (unpaired) electrons. The van der Waals surface area contributed by atoms with Crippen LogP contribution in [0.25, 0.3) is 0 Å². The summed E-state index contributed by atoms with van der Waals surface area (Å²) in [6.07, 6.45) is 0. The number of carbonyl (C=O) groups excluding carboxylic acids is 1. The van der Waals surface area contributed by atoms with Gasteiger partial charge in [-0.25, -0.2) is 5.84 Å². The van der Waals surface area contributed by atoms with Crippen LogP contribution in [0.1, 0.15) is 16.1 Å². The first-order valence-corrected chi connectivity index (χ1v) is 6.24. The third kappa shape index (κ3) is 3.09. The summed E-state index contributed by atoms with van der Waals surface area (Å²) in [6, 6.07) is 9.97. The maximum atomic E-state index is 12.0. The normalized spacial score (nSPS) is 9.65. The Balaban J connectivity index is 2.21. The summed E-state index contributed by atoms with van der Waals surface area (Å²) in [5.74, 6) is 5.05. The Morgan fingerprint density at radius 1 is 1.30 bits per heavy atom. The van der Waals surface area contributed by atoms with Crippen molar-refractivity contribution in [2.45, 2.75) is 0 Å². The summed E-state index contributed by atoms with van der Waals surface area (Å²) in [5.41, 5.74) is 3.19. The smallest absolute Gasteiger partial charge is 0.276 e. The van der Waals surface area contributed by atoms with E-state index in [9.17, 15) is 4.79 Å². The first-order chi connectivity index (χ1) is 9.63. The van der Waals surface area contributed by atoms with E-state index in [2.05, 4.69) is 36.9 Å². The molecule has 2 aromatic rings. The molecule has 0 spiro atoms. The second-order valence-electron chi connectivity index (χ2n) is 3.70. The molecular weight excluding hydrogens is 324 g/mol. The van der Waals surface area contributed by atoms with Gasteiger partial charge < -0.3 is 10.7 Å². The van der Waals surface area contributed by atoms with Gasteiger partial charge in [0.25, 0.3) is 5.91 Å². The average Bonchev–Trinajstić information content (AvgIpc) is 2.49. The molecule has 4 N–H and O–H groups in total. The van der Waals surface area contributed by atoms with Crippen LogP contribution in [0.2, 0.25) is 0 Å². The molecule has 1 amide bonds. The van der Waals surface area contributed by atoms with Crippen LogP contribution in [0.3, 0.4) is 0 Å². The number of aromatic nitrogens is 2. The highest BCUT2D eigenvalue weighted by Gasteiger charge is 2.11. The number of nitriles is 1. The third-order valence-corrected chi connectivity index (χ3v) is 2.89. The Morgan fingerprint density at radius 2 is 2.10 bits per heavy atom. The van der Waals surface area contributed by atoms with E-state index in [0.717, 1.165) is 4.47 Å². The molecule has 7 nitrogen and oxygen atoms in total. The van der Waals surface area contributed by atoms with Gasteiger partial charge in [-0.1, -0.05) is 15.9 Å². The molecular formula is C12H9BrN6O. The number of hydrogen-bond donors (Lipinski definition) is 3. The minimum Gasteiger partial charge on any atom is -0.319 e. The quantitative estimate of drug-likeness (QED) is 0.581. The van der Waals surface area contributed by atoms with E-state index in [1.54, 1.807) is 18.2 Å². The molecule has 0 atom stereocenters. The molecule has 20 heavy (non-hydrogen) atoms. The predicted octanol–water partition coefficient (Wildman–Crippen LogP) is 1.65. The van der Waals surface area contributed by atoms with Crippen LogP contribution >= 0.6 is 15.9 Å². The Labute approximate surface area is 122 Å². The topological polar surface area (TPSA) is 117 Å². The molecule has 0 fully saturated rings. The van der Waals surface area contributed by atoms with Crippen molar-refractivity contribution in [3.05, 3.63) is 46.1 Å². The maximum absolute atomic E-state index is 12.0. The van der Waals surface area contributed by atoms with Gasteiger partial charge in [-0.05, 0) is 30.3 Å². The number of nitrogens with two attached hydrogens (primary N) is 1. The molecule has 0 aliphatic carbocycles. The number of nitrogen functional groups attached to an aromatic ring is 1. The number of anilines is 2. The Kier molecular flexibility index (Phi) is 4.24. The summed E-state index contributed by atoms with van der Waals surface area (Å²) in [5, 5.41) is 19.0. The molecule has 0 bridgehead atoms. The van der Waals surface area contributed by atoms with Gasteiger partial charge in [0, 0.05) is 4.47 Å². The summed E-state index contributed by atoms with van der Waals surface area (Å²) in [4.78, 5) is 12.0. The highest BCUT2D eigenvalue weighted by molar-refractivity contribution is 9.10. The number of halogens is 1. The molecule has 1 aromatic carbocycles. The summed E-state index contributed by atoms with van der Waals surface area (Å²) >= 11 is 3.26. The van der Waals surface area contributed by atoms with E-state index in [1.807, 2.05) is 6.07 Å². The third-order valence-electron chi connectivity index (χ3n) is 2.40. The van der Waals surface area contributed by atoms with E-state index in [4.69, 9.17) is 11.1 Å². The summed E-state index contributed by atoms with van der Waals surface area (Å²) in [6.45, 7) is 0. The van der Waals surface area contributed by atoms with Gasteiger partial charge >= 0.3 is 0 Å². The molecule has 0 aliphatic heterocycles. The average molecular weight is 333 g/mol. The van der Waals surface area contributed by atoms with Gasteiger partial charge in [0.15, 0.2) is 11.5 Å². The predicted molar refractivity (Wildman–Crippen MR) is 76.7 cm³/mol. The van der Waals surface area contributed by atoms with Gasteiger partial charge in [-0.3, -0.25) is 4.79 Å². The van der Waals surface area contributed by atoms with Gasteiger partial charge in [-0.2, -0.15) is 5.26 Å². The second-order valence-corrected chi connectivity index (χ2v) is 4.62. The Bertz CT molecular complexity index is 679. The summed E-state index contributed by atoms with van der Waals surface area (Å²) < 4.78 is 0.755. The highest BCUT2D eigenvalue weighted by atomic mass is 79.9. The molecule has 2 rings (SSSR count). The van der Waals surface area contributed by atoms with Crippen LogP contribution in [0.4, 0.5) is 11.5 Å². The molecule has 0 saturated heterocycles. The largest absolute Gasteiger partial charge is 0.319 e. The van der Waals surface area contributed by atoms with Crippen molar-refractivity contribution in [1.29, 1.82) is 5.26 Å². The van der Waals surface area contributed by atoms with Gasteiger partial charge in [0.1, 0.15) is 6.07 Å². The molecule has 0 aliphatic rings. The zero-order valence-electron chi connectivity index (χ0n) is 10.1. The standard InChI is InChI=1S/C12H9BrN6O/c13-8-1-2-9(7(5-8)6-14)16-12(20)10-3-4-11(17-15)19-18-10/h1-5H,15H2,(H,16,20)(H,17,19). The Morgan fingerprint density at radius 3 is 2.70 bits per heavy atom.